The van der Waals surface area contributed by atoms with Gasteiger partial charge in [0.2, 0.25) is 0 Å². The minimum absolute atomic E-state index is 0.290. The number of benzene rings is 1. The third-order valence-electron chi connectivity index (χ3n) is 3.90. The second-order valence-electron chi connectivity index (χ2n) is 5.41. The summed E-state index contributed by atoms with van der Waals surface area (Å²) in [6.07, 6.45) is 4.78. The molecule has 3 heteroatoms. The van der Waals surface area contributed by atoms with Crippen molar-refractivity contribution >= 4 is 5.69 Å². The largest absolute Gasteiger partial charge is 0.388 e. The minimum Gasteiger partial charge on any atom is -0.388 e. The normalized spacial score (nSPS) is 18.2. The van der Waals surface area contributed by atoms with E-state index in [1.54, 1.807) is 0 Å². The fourth-order valence-corrected chi connectivity index (χ4v) is 2.83. The number of nitrogens with zero attached hydrogens (tertiary/aromatic N) is 2. The van der Waals surface area contributed by atoms with Gasteiger partial charge in [0.1, 0.15) is 0 Å². The van der Waals surface area contributed by atoms with Crippen LogP contribution in [-0.4, -0.2) is 23.8 Å². The first-order valence-corrected chi connectivity index (χ1v) is 6.83. The van der Waals surface area contributed by atoms with Crippen molar-refractivity contribution in [3.8, 4) is 5.69 Å². The van der Waals surface area contributed by atoms with Gasteiger partial charge in [-0.05, 0) is 43.5 Å². The summed E-state index contributed by atoms with van der Waals surface area (Å²) in [5, 5.41) is 10.0. The van der Waals surface area contributed by atoms with E-state index in [1.165, 1.54) is 17.1 Å². The maximum absolute atomic E-state index is 10.0. The molecule has 0 spiro atoms. The van der Waals surface area contributed by atoms with Crippen molar-refractivity contribution in [3.05, 3.63) is 47.8 Å². The van der Waals surface area contributed by atoms with E-state index in [0.717, 1.165) is 24.8 Å². The lowest BCUT2D eigenvalue weighted by atomic mass is 9.95. The molecule has 0 bridgehead atoms. The molecule has 2 aromatic rings. The fourth-order valence-electron chi connectivity index (χ4n) is 2.83. The van der Waals surface area contributed by atoms with Crippen LogP contribution in [0.3, 0.4) is 0 Å². The van der Waals surface area contributed by atoms with Crippen LogP contribution >= 0.6 is 0 Å². The molecule has 1 aromatic heterocycles. The molecule has 0 saturated heterocycles. The molecule has 0 aliphatic heterocycles. The molecular weight excluding hydrogens is 236 g/mol. The number of anilines is 1. The van der Waals surface area contributed by atoms with Crippen molar-refractivity contribution in [2.45, 2.75) is 25.4 Å². The van der Waals surface area contributed by atoms with Crippen LogP contribution in [0, 0.1) is 0 Å². The summed E-state index contributed by atoms with van der Waals surface area (Å²) in [7, 11) is 4.10. The number of aliphatic hydroxyl groups is 1. The molecule has 0 amide bonds. The number of aromatic nitrogens is 1. The maximum Gasteiger partial charge on any atom is 0.0807 e. The number of hydrogen-bond donors (Lipinski definition) is 1. The van der Waals surface area contributed by atoms with E-state index in [2.05, 4.69) is 46.0 Å². The summed E-state index contributed by atoms with van der Waals surface area (Å²) in [5.41, 5.74) is 4.72. The number of rotatable bonds is 2. The van der Waals surface area contributed by atoms with Crippen LogP contribution in [0.2, 0.25) is 0 Å². The van der Waals surface area contributed by atoms with Gasteiger partial charge in [-0.25, -0.2) is 0 Å². The second-order valence-corrected chi connectivity index (χ2v) is 5.41. The third-order valence-corrected chi connectivity index (χ3v) is 3.90. The summed E-state index contributed by atoms with van der Waals surface area (Å²) in [4.78, 5) is 2.11. The maximum atomic E-state index is 10.0. The molecule has 3 nitrogen and oxygen atoms in total. The van der Waals surface area contributed by atoms with Gasteiger partial charge in [-0.15, -0.1) is 0 Å². The lowest BCUT2D eigenvalue weighted by Gasteiger charge is -2.21. The molecule has 0 saturated carbocycles. The Kier molecular flexibility index (Phi) is 3.07. The van der Waals surface area contributed by atoms with Crippen LogP contribution in [0.5, 0.6) is 0 Å². The monoisotopic (exact) mass is 256 g/mol. The van der Waals surface area contributed by atoms with Crippen LogP contribution in [-0.2, 0) is 6.42 Å². The highest BCUT2D eigenvalue weighted by atomic mass is 16.3. The van der Waals surface area contributed by atoms with E-state index >= 15 is 0 Å². The Morgan fingerprint density at radius 1 is 1.26 bits per heavy atom. The van der Waals surface area contributed by atoms with Crippen LogP contribution in [0.15, 0.2) is 36.5 Å². The Morgan fingerprint density at radius 3 is 2.89 bits per heavy atom. The molecule has 1 N–H and O–H groups in total. The van der Waals surface area contributed by atoms with E-state index in [0.29, 0.717) is 0 Å². The van der Waals surface area contributed by atoms with E-state index in [1.807, 2.05) is 14.1 Å². The molecule has 100 valence electrons. The van der Waals surface area contributed by atoms with E-state index in [4.69, 9.17) is 0 Å². The van der Waals surface area contributed by atoms with Gasteiger partial charge in [0.25, 0.3) is 0 Å². The average molecular weight is 256 g/mol. The van der Waals surface area contributed by atoms with Crippen molar-refractivity contribution in [2.24, 2.45) is 0 Å². The van der Waals surface area contributed by atoms with Crippen molar-refractivity contribution < 1.29 is 5.11 Å². The van der Waals surface area contributed by atoms with Crippen molar-refractivity contribution in [2.75, 3.05) is 19.0 Å². The van der Waals surface area contributed by atoms with E-state index in [9.17, 15) is 5.11 Å². The smallest absolute Gasteiger partial charge is 0.0807 e. The second kappa shape index (κ2) is 4.74. The fraction of sp³-hybridized carbons (Fsp3) is 0.375. The molecule has 3 rings (SSSR count). The van der Waals surface area contributed by atoms with Gasteiger partial charge < -0.3 is 14.6 Å². The third kappa shape index (κ3) is 2.15. The summed E-state index contributed by atoms with van der Waals surface area (Å²) in [6.45, 7) is 0. The van der Waals surface area contributed by atoms with Crippen molar-refractivity contribution in [3.63, 3.8) is 0 Å². The van der Waals surface area contributed by atoms with Crippen molar-refractivity contribution in [1.29, 1.82) is 0 Å². The SMILES string of the molecule is CN(C)c1cccc(-n2ccc3c2CCCC3O)c1. The van der Waals surface area contributed by atoms with E-state index in [-0.39, 0.29) is 6.10 Å². The van der Waals surface area contributed by atoms with Crippen LogP contribution in [0.4, 0.5) is 5.69 Å². The summed E-state index contributed by atoms with van der Waals surface area (Å²) in [6, 6.07) is 10.5. The Hall–Kier alpha value is -1.74. The lowest BCUT2D eigenvalue weighted by molar-refractivity contribution is 0.156. The molecular formula is C16H20N2O. The topological polar surface area (TPSA) is 28.4 Å². The Labute approximate surface area is 114 Å². The zero-order valence-corrected chi connectivity index (χ0v) is 11.5. The van der Waals surface area contributed by atoms with Crippen LogP contribution in [0.25, 0.3) is 5.69 Å². The first kappa shape index (κ1) is 12.3. The lowest BCUT2D eigenvalue weighted by Crippen LogP contribution is -2.12. The van der Waals surface area contributed by atoms with Gasteiger partial charge in [-0.2, -0.15) is 0 Å². The van der Waals surface area contributed by atoms with Crippen molar-refractivity contribution in [1.82, 2.24) is 4.57 Å². The van der Waals surface area contributed by atoms with Gasteiger partial charge >= 0.3 is 0 Å². The average Bonchev–Trinajstić information content (AvgIpc) is 2.84. The quantitative estimate of drug-likeness (QED) is 0.895. The molecule has 1 aliphatic rings. The molecule has 1 aliphatic carbocycles. The molecule has 1 heterocycles. The highest BCUT2D eigenvalue weighted by Crippen LogP contribution is 2.32. The first-order valence-electron chi connectivity index (χ1n) is 6.83. The number of aliphatic hydroxyl groups excluding tert-OH is 1. The molecule has 1 atom stereocenters. The highest BCUT2D eigenvalue weighted by molar-refractivity contribution is 5.53. The highest BCUT2D eigenvalue weighted by Gasteiger charge is 2.21. The zero-order chi connectivity index (χ0) is 13.4. The van der Waals surface area contributed by atoms with Gasteiger partial charge in [-0.3, -0.25) is 0 Å². The van der Waals surface area contributed by atoms with Gasteiger partial charge in [-0.1, -0.05) is 6.07 Å². The Bertz CT molecular complexity index is 586. The van der Waals surface area contributed by atoms with E-state index < -0.39 is 0 Å². The predicted octanol–water partition coefficient (Wildman–Crippen LogP) is 2.91. The predicted molar refractivity (Wildman–Crippen MR) is 78.0 cm³/mol. The van der Waals surface area contributed by atoms with Crippen LogP contribution in [0.1, 0.15) is 30.2 Å². The molecule has 1 unspecified atom stereocenters. The standard InChI is InChI=1S/C16H20N2O/c1-17(2)12-5-3-6-13(11-12)18-10-9-14-15(18)7-4-8-16(14)19/h3,5-6,9-11,16,19H,4,7-8H2,1-2H3. The van der Waals surface area contributed by atoms with Gasteiger partial charge in [0.05, 0.1) is 6.10 Å². The first-order chi connectivity index (χ1) is 9.16. The molecule has 0 fully saturated rings. The summed E-state index contributed by atoms with van der Waals surface area (Å²) in [5.74, 6) is 0. The Morgan fingerprint density at radius 2 is 2.11 bits per heavy atom. The molecule has 0 radical (unpaired) electrons. The van der Waals surface area contributed by atoms with Gasteiger partial charge in [0.15, 0.2) is 0 Å². The zero-order valence-electron chi connectivity index (χ0n) is 11.5. The summed E-state index contributed by atoms with van der Waals surface area (Å²) < 4.78 is 2.21. The number of hydrogen-bond acceptors (Lipinski definition) is 2. The molecule has 1 aromatic carbocycles. The Balaban J connectivity index is 2.05. The molecule has 19 heavy (non-hydrogen) atoms. The van der Waals surface area contributed by atoms with Gasteiger partial charge in [0, 0.05) is 42.9 Å². The van der Waals surface area contributed by atoms with Crippen LogP contribution < -0.4 is 4.90 Å². The minimum atomic E-state index is -0.290. The summed E-state index contributed by atoms with van der Waals surface area (Å²) >= 11 is 0. The number of fused-ring (bicyclic) bond motifs is 1.